The zero-order valence-corrected chi connectivity index (χ0v) is 13.8. The van der Waals surface area contributed by atoms with Crippen molar-refractivity contribution in [2.24, 2.45) is 11.3 Å². The number of rotatable bonds is 6. The average molecular weight is 322 g/mol. The van der Waals surface area contributed by atoms with Crippen molar-refractivity contribution in [3.8, 4) is 0 Å². The molecule has 1 N–H and O–H groups in total. The van der Waals surface area contributed by atoms with Gasteiger partial charge in [0.25, 0.3) is 0 Å². The van der Waals surface area contributed by atoms with Crippen LogP contribution < -0.4 is 0 Å². The highest BCUT2D eigenvalue weighted by atomic mass is 16.4. The van der Waals surface area contributed by atoms with E-state index >= 15 is 0 Å². The predicted octanol–water partition coefficient (Wildman–Crippen LogP) is 1.51. The molecule has 1 aliphatic carbocycles. The molecule has 6 heteroatoms. The number of piperidine rings is 1. The Bertz CT molecular complexity index is 499. The second kappa shape index (κ2) is 7.15. The van der Waals surface area contributed by atoms with Gasteiger partial charge in [-0.1, -0.05) is 12.5 Å². The van der Waals surface area contributed by atoms with Gasteiger partial charge in [-0.25, -0.2) is 0 Å². The topological polar surface area (TPSA) is 77.9 Å². The number of carboxylic acids is 1. The Hall–Kier alpha value is -1.85. The van der Waals surface area contributed by atoms with Gasteiger partial charge in [0.15, 0.2) is 0 Å². The molecular formula is C17H26N2O4. The number of likely N-dealkylation sites (tertiary alicyclic amines) is 1. The van der Waals surface area contributed by atoms with E-state index in [1.165, 1.54) is 4.90 Å². The van der Waals surface area contributed by atoms with Crippen molar-refractivity contribution in [3.05, 3.63) is 12.7 Å². The molecule has 23 heavy (non-hydrogen) atoms. The SMILES string of the molecule is C=CCC1(C(=O)N(C)CC(=O)N2CCCC(C(=O)O)C2)CCC1. The minimum atomic E-state index is -0.855. The summed E-state index contributed by atoms with van der Waals surface area (Å²) >= 11 is 0. The van der Waals surface area contributed by atoms with E-state index in [2.05, 4.69) is 6.58 Å². The third-order valence-electron chi connectivity index (χ3n) is 5.14. The largest absolute Gasteiger partial charge is 0.481 e. The number of carbonyl (C=O) groups is 3. The Kier molecular flexibility index (Phi) is 5.44. The number of aliphatic carboxylic acids is 1. The summed E-state index contributed by atoms with van der Waals surface area (Å²) in [5.41, 5.74) is -0.373. The molecule has 0 bridgehead atoms. The van der Waals surface area contributed by atoms with Gasteiger partial charge in [0.05, 0.1) is 17.9 Å². The molecule has 1 atom stereocenters. The van der Waals surface area contributed by atoms with Crippen LogP contribution in [0, 0.1) is 11.3 Å². The van der Waals surface area contributed by atoms with Crippen molar-refractivity contribution in [1.29, 1.82) is 0 Å². The van der Waals surface area contributed by atoms with Gasteiger partial charge in [-0.05, 0) is 32.1 Å². The molecule has 128 valence electrons. The van der Waals surface area contributed by atoms with E-state index in [9.17, 15) is 14.4 Å². The van der Waals surface area contributed by atoms with Gasteiger partial charge in [-0.15, -0.1) is 6.58 Å². The van der Waals surface area contributed by atoms with Crippen molar-refractivity contribution >= 4 is 17.8 Å². The van der Waals surface area contributed by atoms with Gasteiger partial charge in [0.2, 0.25) is 11.8 Å². The summed E-state index contributed by atoms with van der Waals surface area (Å²) in [7, 11) is 1.65. The summed E-state index contributed by atoms with van der Waals surface area (Å²) in [6, 6.07) is 0. The van der Waals surface area contributed by atoms with Crippen molar-refractivity contribution in [3.63, 3.8) is 0 Å². The summed E-state index contributed by atoms with van der Waals surface area (Å²) in [6.45, 7) is 4.56. The van der Waals surface area contributed by atoms with Crippen molar-refractivity contribution < 1.29 is 19.5 Å². The maximum Gasteiger partial charge on any atom is 0.308 e. The molecule has 2 rings (SSSR count). The molecule has 1 heterocycles. The number of allylic oxidation sites excluding steroid dienone is 1. The van der Waals surface area contributed by atoms with Crippen LogP contribution in [0.25, 0.3) is 0 Å². The van der Waals surface area contributed by atoms with Crippen LogP contribution >= 0.6 is 0 Å². The zero-order valence-electron chi connectivity index (χ0n) is 13.8. The summed E-state index contributed by atoms with van der Waals surface area (Å²) in [5.74, 6) is -1.51. The van der Waals surface area contributed by atoms with Crippen LogP contribution in [0.3, 0.4) is 0 Å². The van der Waals surface area contributed by atoms with E-state index in [-0.39, 0.29) is 30.3 Å². The van der Waals surface area contributed by atoms with Gasteiger partial charge in [-0.2, -0.15) is 0 Å². The van der Waals surface area contributed by atoms with Crippen LogP contribution in [-0.4, -0.2) is 59.4 Å². The minimum Gasteiger partial charge on any atom is -0.481 e. The van der Waals surface area contributed by atoms with Crippen LogP contribution in [0.15, 0.2) is 12.7 Å². The molecule has 2 amide bonds. The van der Waals surface area contributed by atoms with E-state index in [1.54, 1.807) is 18.0 Å². The van der Waals surface area contributed by atoms with E-state index in [4.69, 9.17) is 5.11 Å². The summed E-state index contributed by atoms with van der Waals surface area (Å²) in [6.07, 6.45) is 6.46. The Balaban J connectivity index is 1.92. The molecule has 2 aliphatic rings. The molecule has 0 aromatic heterocycles. The van der Waals surface area contributed by atoms with E-state index in [0.717, 1.165) is 19.3 Å². The Morgan fingerprint density at radius 3 is 2.57 bits per heavy atom. The highest BCUT2D eigenvalue weighted by Gasteiger charge is 2.44. The van der Waals surface area contributed by atoms with Crippen LogP contribution in [-0.2, 0) is 14.4 Å². The lowest BCUT2D eigenvalue weighted by Crippen LogP contribution is -2.51. The molecule has 1 saturated carbocycles. The number of carbonyl (C=O) groups excluding carboxylic acids is 2. The minimum absolute atomic E-state index is 0.00351. The lowest BCUT2D eigenvalue weighted by molar-refractivity contribution is -0.152. The molecule has 6 nitrogen and oxygen atoms in total. The number of amides is 2. The standard InChI is InChI=1S/C17H26N2O4/c1-3-7-17(8-5-9-17)16(23)18(2)12-14(20)19-10-4-6-13(11-19)15(21)22/h3,13H,1,4-12H2,2H3,(H,21,22). The maximum absolute atomic E-state index is 12.6. The average Bonchev–Trinajstić information content (AvgIpc) is 2.50. The molecule has 1 aliphatic heterocycles. The molecule has 0 aromatic carbocycles. The van der Waals surface area contributed by atoms with Gasteiger partial charge in [0.1, 0.15) is 0 Å². The first kappa shape index (κ1) is 17.5. The quantitative estimate of drug-likeness (QED) is 0.752. The lowest BCUT2D eigenvalue weighted by Gasteiger charge is -2.42. The summed E-state index contributed by atoms with van der Waals surface area (Å²) < 4.78 is 0. The second-order valence-corrected chi connectivity index (χ2v) is 6.81. The predicted molar refractivity (Wildman–Crippen MR) is 85.7 cm³/mol. The first-order chi connectivity index (χ1) is 10.9. The van der Waals surface area contributed by atoms with Crippen molar-refractivity contribution in [2.45, 2.75) is 38.5 Å². The van der Waals surface area contributed by atoms with Crippen LogP contribution in [0.4, 0.5) is 0 Å². The Morgan fingerprint density at radius 2 is 2.04 bits per heavy atom. The number of carboxylic acid groups (broad SMARTS) is 1. The monoisotopic (exact) mass is 322 g/mol. The number of hydrogen-bond acceptors (Lipinski definition) is 3. The fourth-order valence-corrected chi connectivity index (χ4v) is 3.57. The van der Waals surface area contributed by atoms with Crippen molar-refractivity contribution in [2.75, 3.05) is 26.7 Å². The number of likely N-dealkylation sites (N-methyl/N-ethyl adjacent to an activating group) is 1. The van der Waals surface area contributed by atoms with Gasteiger partial charge in [-0.3, -0.25) is 14.4 Å². The smallest absolute Gasteiger partial charge is 0.308 e. The van der Waals surface area contributed by atoms with E-state index in [1.807, 2.05) is 0 Å². The third-order valence-corrected chi connectivity index (χ3v) is 5.14. The fraction of sp³-hybridized carbons (Fsp3) is 0.706. The lowest BCUT2D eigenvalue weighted by atomic mass is 9.65. The fourth-order valence-electron chi connectivity index (χ4n) is 3.57. The number of hydrogen-bond donors (Lipinski definition) is 1. The second-order valence-electron chi connectivity index (χ2n) is 6.81. The molecule has 2 fully saturated rings. The van der Waals surface area contributed by atoms with Crippen molar-refractivity contribution in [1.82, 2.24) is 9.80 Å². The van der Waals surface area contributed by atoms with Crippen LogP contribution in [0.2, 0.25) is 0 Å². The van der Waals surface area contributed by atoms with Gasteiger partial charge < -0.3 is 14.9 Å². The van der Waals surface area contributed by atoms with Gasteiger partial charge in [0, 0.05) is 20.1 Å². The van der Waals surface area contributed by atoms with Crippen LogP contribution in [0.1, 0.15) is 38.5 Å². The number of nitrogens with zero attached hydrogens (tertiary/aromatic N) is 2. The maximum atomic E-state index is 12.6. The van der Waals surface area contributed by atoms with Crippen LogP contribution in [0.5, 0.6) is 0 Å². The molecule has 0 spiro atoms. The molecule has 1 unspecified atom stereocenters. The Labute approximate surface area is 137 Å². The first-order valence-electron chi connectivity index (χ1n) is 8.26. The Morgan fingerprint density at radius 1 is 1.35 bits per heavy atom. The highest BCUT2D eigenvalue weighted by molar-refractivity contribution is 5.88. The summed E-state index contributed by atoms with van der Waals surface area (Å²) in [5, 5.41) is 9.10. The summed E-state index contributed by atoms with van der Waals surface area (Å²) in [4.78, 5) is 39.2. The first-order valence-corrected chi connectivity index (χ1v) is 8.26. The van der Waals surface area contributed by atoms with E-state index < -0.39 is 11.9 Å². The molecule has 0 radical (unpaired) electrons. The zero-order chi connectivity index (χ0) is 17.0. The van der Waals surface area contributed by atoms with E-state index in [0.29, 0.717) is 25.8 Å². The third kappa shape index (κ3) is 3.74. The molecule has 1 saturated heterocycles. The normalized spacial score (nSPS) is 22.8. The molecular weight excluding hydrogens is 296 g/mol. The van der Waals surface area contributed by atoms with Gasteiger partial charge >= 0.3 is 5.97 Å². The highest BCUT2D eigenvalue weighted by Crippen LogP contribution is 2.45. The molecule has 0 aromatic rings.